The van der Waals surface area contributed by atoms with Gasteiger partial charge in [-0.1, -0.05) is 0 Å². The van der Waals surface area contributed by atoms with E-state index in [0.29, 0.717) is 29.4 Å². The Labute approximate surface area is 110 Å². The van der Waals surface area contributed by atoms with Crippen LogP contribution in [0.15, 0.2) is 24.5 Å². The maximum Gasteiger partial charge on any atom is 0.251 e. The van der Waals surface area contributed by atoms with Gasteiger partial charge < -0.3 is 20.4 Å². The summed E-state index contributed by atoms with van der Waals surface area (Å²) >= 11 is 0. The molecule has 0 aliphatic carbocycles. The minimum atomic E-state index is -0.242. The normalized spacial score (nSPS) is 10.2. The SMILES string of the molecule is COc1cc(N)cc(C(=O)NCc2nncn2C)c1. The molecule has 2 rings (SSSR count). The summed E-state index contributed by atoms with van der Waals surface area (Å²) in [5.41, 5.74) is 6.62. The topological polar surface area (TPSA) is 95.1 Å². The maximum atomic E-state index is 12.0. The number of carbonyl (C=O) groups excluding carboxylic acids is 1. The molecule has 0 saturated carbocycles. The second-order valence-corrected chi connectivity index (χ2v) is 4.04. The van der Waals surface area contributed by atoms with Gasteiger partial charge >= 0.3 is 0 Å². The molecule has 3 N–H and O–H groups in total. The van der Waals surface area contributed by atoms with E-state index in [4.69, 9.17) is 10.5 Å². The van der Waals surface area contributed by atoms with Crippen molar-refractivity contribution in [3.63, 3.8) is 0 Å². The molecule has 0 spiro atoms. The van der Waals surface area contributed by atoms with Crippen molar-refractivity contribution in [2.45, 2.75) is 6.54 Å². The fourth-order valence-electron chi connectivity index (χ4n) is 1.60. The molecule has 0 unspecified atom stereocenters. The van der Waals surface area contributed by atoms with Crippen LogP contribution in [-0.4, -0.2) is 27.8 Å². The molecule has 0 atom stereocenters. The number of methoxy groups -OCH3 is 1. The van der Waals surface area contributed by atoms with Crippen molar-refractivity contribution in [2.24, 2.45) is 7.05 Å². The van der Waals surface area contributed by atoms with Crippen LogP contribution >= 0.6 is 0 Å². The van der Waals surface area contributed by atoms with E-state index in [1.807, 2.05) is 7.05 Å². The van der Waals surface area contributed by atoms with E-state index in [0.717, 1.165) is 0 Å². The van der Waals surface area contributed by atoms with E-state index < -0.39 is 0 Å². The van der Waals surface area contributed by atoms with E-state index >= 15 is 0 Å². The van der Waals surface area contributed by atoms with Gasteiger partial charge in [-0.05, 0) is 12.1 Å². The van der Waals surface area contributed by atoms with Gasteiger partial charge in [0.25, 0.3) is 5.91 Å². The summed E-state index contributed by atoms with van der Waals surface area (Å²) in [6, 6.07) is 4.87. The Bertz CT molecular complexity index is 594. The smallest absolute Gasteiger partial charge is 0.251 e. The molecule has 7 heteroatoms. The maximum absolute atomic E-state index is 12.0. The van der Waals surface area contributed by atoms with Crippen LogP contribution in [0.3, 0.4) is 0 Å². The predicted molar refractivity (Wildman–Crippen MR) is 69.6 cm³/mol. The lowest BCUT2D eigenvalue weighted by Gasteiger charge is -2.07. The van der Waals surface area contributed by atoms with Gasteiger partial charge in [0.05, 0.1) is 13.7 Å². The highest BCUT2D eigenvalue weighted by atomic mass is 16.5. The van der Waals surface area contributed by atoms with Crippen LogP contribution in [0.5, 0.6) is 5.75 Å². The number of aromatic nitrogens is 3. The molecule has 1 aromatic carbocycles. The molecular weight excluding hydrogens is 246 g/mol. The van der Waals surface area contributed by atoms with Gasteiger partial charge in [0.15, 0.2) is 5.82 Å². The quantitative estimate of drug-likeness (QED) is 0.774. The number of hydrogen-bond donors (Lipinski definition) is 2. The fraction of sp³-hybridized carbons (Fsp3) is 0.250. The number of nitrogens with two attached hydrogens (primary N) is 1. The van der Waals surface area contributed by atoms with Gasteiger partial charge in [0.1, 0.15) is 12.1 Å². The van der Waals surface area contributed by atoms with Crippen LogP contribution in [0.2, 0.25) is 0 Å². The second kappa shape index (κ2) is 5.38. The highest BCUT2D eigenvalue weighted by Gasteiger charge is 2.09. The van der Waals surface area contributed by atoms with Crippen LogP contribution < -0.4 is 15.8 Å². The molecule has 0 radical (unpaired) electrons. The van der Waals surface area contributed by atoms with Gasteiger partial charge in [-0.15, -0.1) is 10.2 Å². The molecule has 1 amide bonds. The zero-order valence-corrected chi connectivity index (χ0v) is 10.8. The van der Waals surface area contributed by atoms with Crippen LogP contribution in [0, 0.1) is 0 Å². The number of carbonyl (C=O) groups is 1. The zero-order chi connectivity index (χ0) is 13.8. The number of nitrogens with one attached hydrogen (secondary N) is 1. The van der Waals surface area contributed by atoms with Gasteiger partial charge in [0, 0.05) is 24.4 Å². The Morgan fingerprint density at radius 1 is 1.47 bits per heavy atom. The van der Waals surface area contributed by atoms with Gasteiger partial charge in [0.2, 0.25) is 0 Å². The average Bonchev–Trinajstić information content (AvgIpc) is 2.80. The van der Waals surface area contributed by atoms with E-state index in [-0.39, 0.29) is 5.91 Å². The molecule has 1 aromatic heterocycles. The molecule has 0 aliphatic rings. The number of nitrogens with zero attached hydrogens (tertiary/aromatic N) is 3. The minimum Gasteiger partial charge on any atom is -0.497 e. The number of ether oxygens (including phenoxy) is 1. The molecule has 0 saturated heterocycles. The highest BCUT2D eigenvalue weighted by molar-refractivity contribution is 5.95. The molecule has 2 aromatic rings. The number of rotatable bonds is 4. The van der Waals surface area contributed by atoms with E-state index in [1.165, 1.54) is 7.11 Å². The number of nitrogen functional groups attached to an aromatic ring is 1. The molecule has 19 heavy (non-hydrogen) atoms. The van der Waals surface area contributed by atoms with Crippen molar-refractivity contribution in [3.05, 3.63) is 35.9 Å². The number of amides is 1. The van der Waals surface area contributed by atoms with Gasteiger partial charge in [-0.25, -0.2) is 0 Å². The number of hydrogen-bond acceptors (Lipinski definition) is 5. The lowest BCUT2D eigenvalue weighted by Crippen LogP contribution is -2.24. The average molecular weight is 261 g/mol. The largest absolute Gasteiger partial charge is 0.497 e. The lowest BCUT2D eigenvalue weighted by molar-refractivity contribution is 0.0949. The Kier molecular flexibility index (Phi) is 3.65. The van der Waals surface area contributed by atoms with Crippen molar-refractivity contribution in [2.75, 3.05) is 12.8 Å². The van der Waals surface area contributed by atoms with Gasteiger partial charge in [-0.3, -0.25) is 4.79 Å². The molecule has 0 aliphatic heterocycles. The van der Waals surface area contributed by atoms with E-state index in [2.05, 4.69) is 15.5 Å². The molecular formula is C12H15N5O2. The Hall–Kier alpha value is -2.57. The standard InChI is InChI=1S/C12H15N5O2/c1-17-7-15-16-11(17)6-14-12(18)8-3-9(13)5-10(4-8)19-2/h3-5,7H,6,13H2,1-2H3,(H,14,18). The Morgan fingerprint density at radius 2 is 2.26 bits per heavy atom. The minimum absolute atomic E-state index is 0.242. The monoisotopic (exact) mass is 261 g/mol. The van der Waals surface area contributed by atoms with Crippen molar-refractivity contribution in [1.82, 2.24) is 20.1 Å². The molecule has 1 heterocycles. The van der Waals surface area contributed by atoms with Crippen molar-refractivity contribution < 1.29 is 9.53 Å². The van der Waals surface area contributed by atoms with Crippen molar-refractivity contribution in [1.29, 1.82) is 0 Å². The summed E-state index contributed by atoms with van der Waals surface area (Å²) in [4.78, 5) is 12.0. The third-order valence-electron chi connectivity index (χ3n) is 2.64. The summed E-state index contributed by atoms with van der Waals surface area (Å²) in [5.74, 6) is 0.974. The van der Waals surface area contributed by atoms with Crippen LogP contribution in [-0.2, 0) is 13.6 Å². The first-order valence-electron chi connectivity index (χ1n) is 5.66. The summed E-state index contributed by atoms with van der Waals surface area (Å²) < 4.78 is 6.81. The lowest BCUT2D eigenvalue weighted by atomic mass is 10.1. The number of benzene rings is 1. The first-order chi connectivity index (χ1) is 9.10. The van der Waals surface area contributed by atoms with E-state index in [9.17, 15) is 4.79 Å². The first kappa shape index (κ1) is 12.9. The summed E-state index contributed by atoms with van der Waals surface area (Å²) in [6.45, 7) is 0.298. The molecule has 7 nitrogen and oxygen atoms in total. The summed E-state index contributed by atoms with van der Waals surface area (Å²) in [7, 11) is 3.33. The Balaban J connectivity index is 2.08. The Morgan fingerprint density at radius 3 is 2.89 bits per heavy atom. The summed E-state index contributed by atoms with van der Waals surface area (Å²) in [6.07, 6.45) is 1.57. The molecule has 0 bridgehead atoms. The molecule has 100 valence electrons. The van der Waals surface area contributed by atoms with Gasteiger partial charge in [-0.2, -0.15) is 0 Å². The second-order valence-electron chi connectivity index (χ2n) is 4.04. The van der Waals surface area contributed by atoms with Crippen LogP contribution in [0.4, 0.5) is 5.69 Å². The third kappa shape index (κ3) is 3.01. The van der Waals surface area contributed by atoms with Crippen LogP contribution in [0.25, 0.3) is 0 Å². The van der Waals surface area contributed by atoms with Crippen molar-refractivity contribution in [3.8, 4) is 5.75 Å². The number of aryl methyl sites for hydroxylation is 1. The van der Waals surface area contributed by atoms with Crippen LogP contribution in [0.1, 0.15) is 16.2 Å². The predicted octanol–water partition coefficient (Wildman–Crippen LogP) is 0.336. The third-order valence-corrected chi connectivity index (χ3v) is 2.64. The fourth-order valence-corrected chi connectivity index (χ4v) is 1.60. The molecule has 0 fully saturated rings. The highest BCUT2D eigenvalue weighted by Crippen LogP contribution is 2.18. The first-order valence-corrected chi connectivity index (χ1v) is 5.66. The summed E-state index contributed by atoms with van der Waals surface area (Å²) in [5, 5.41) is 10.4. The van der Waals surface area contributed by atoms with E-state index in [1.54, 1.807) is 29.1 Å². The number of anilines is 1. The van der Waals surface area contributed by atoms with Crippen molar-refractivity contribution >= 4 is 11.6 Å². The zero-order valence-electron chi connectivity index (χ0n) is 10.8.